The van der Waals surface area contributed by atoms with Crippen LogP contribution in [0.2, 0.25) is 0 Å². The Kier molecular flexibility index (Phi) is 5.34. The third kappa shape index (κ3) is 3.87. The molecule has 1 N–H and O–H groups in total. The van der Waals surface area contributed by atoms with Crippen molar-refractivity contribution in [2.45, 2.75) is 19.4 Å². The molecule has 0 spiro atoms. The van der Waals surface area contributed by atoms with E-state index in [1.165, 1.54) is 12.7 Å². The summed E-state index contributed by atoms with van der Waals surface area (Å²) in [4.78, 5) is 30.2. The summed E-state index contributed by atoms with van der Waals surface area (Å²) < 4.78 is 4.74. The van der Waals surface area contributed by atoms with Crippen LogP contribution in [-0.2, 0) is 16.1 Å². The fourth-order valence-electron chi connectivity index (χ4n) is 3.44. The molecule has 2 saturated heterocycles. The molecular formula is C16H25N5O3. The van der Waals surface area contributed by atoms with Gasteiger partial charge in [0.25, 0.3) is 0 Å². The molecule has 0 radical (unpaired) electrons. The topological polar surface area (TPSA) is 81.8 Å². The number of H-pyrrole nitrogens is 1. The molecule has 2 amide bonds. The van der Waals surface area contributed by atoms with Crippen LogP contribution in [0, 0.1) is 5.92 Å². The Balaban J connectivity index is 1.43. The summed E-state index contributed by atoms with van der Waals surface area (Å²) in [5.41, 5.74) is 1.17. The van der Waals surface area contributed by atoms with Gasteiger partial charge in [-0.15, -0.1) is 0 Å². The molecule has 1 aromatic rings. The highest BCUT2D eigenvalue weighted by molar-refractivity contribution is 5.79. The first-order valence-electron chi connectivity index (χ1n) is 8.49. The van der Waals surface area contributed by atoms with Crippen molar-refractivity contribution in [3.63, 3.8) is 0 Å². The normalized spacial score (nSPS) is 20.2. The molecule has 0 aromatic carbocycles. The lowest BCUT2D eigenvalue weighted by atomic mass is 9.95. The quantitative estimate of drug-likeness (QED) is 0.871. The first kappa shape index (κ1) is 16.8. The van der Waals surface area contributed by atoms with Crippen molar-refractivity contribution >= 4 is 12.0 Å². The molecule has 0 bridgehead atoms. The fraction of sp³-hybridized carbons (Fsp3) is 0.688. The molecular weight excluding hydrogens is 310 g/mol. The predicted octanol–water partition coefficient (Wildman–Crippen LogP) is 0.532. The van der Waals surface area contributed by atoms with Crippen molar-refractivity contribution in [2.75, 3.05) is 46.4 Å². The Morgan fingerprint density at radius 2 is 1.88 bits per heavy atom. The predicted molar refractivity (Wildman–Crippen MR) is 87.1 cm³/mol. The summed E-state index contributed by atoms with van der Waals surface area (Å²) >= 11 is 0. The summed E-state index contributed by atoms with van der Waals surface area (Å²) in [6.45, 7) is 5.39. The third-order valence-electron chi connectivity index (χ3n) is 4.92. The van der Waals surface area contributed by atoms with Crippen LogP contribution in [0.3, 0.4) is 0 Å². The largest absolute Gasteiger partial charge is 0.453 e. The zero-order valence-corrected chi connectivity index (χ0v) is 14.1. The van der Waals surface area contributed by atoms with Gasteiger partial charge in [0.2, 0.25) is 5.91 Å². The molecule has 0 aliphatic carbocycles. The lowest BCUT2D eigenvalue weighted by Gasteiger charge is -2.38. The van der Waals surface area contributed by atoms with E-state index >= 15 is 0 Å². The minimum atomic E-state index is -0.297. The SMILES string of the molecule is COC(=O)N1CCC(C(=O)N2CCN(Cc3cn[nH]c3)CC2)CC1. The van der Waals surface area contributed by atoms with Crippen LogP contribution in [-0.4, -0.2) is 83.3 Å². The number of amides is 2. The maximum absolute atomic E-state index is 12.7. The van der Waals surface area contributed by atoms with E-state index in [9.17, 15) is 9.59 Å². The smallest absolute Gasteiger partial charge is 0.409 e. The average Bonchev–Trinajstić information content (AvgIpc) is 3.14. The number of hydrogen-bond acceptors (Lipinski definition) is 5. The zero-order valence-electron chi connectivity index (χ0n) is 14.1. The van der Waals surface area contributed by atoms with Crippen LogP contribution in [0.4, 0.5) is 4.79 Å². The Bertz CT molecular complexity index is 546. The van der Waals surface area contributed by atoms with Gasteiger partial charge in [-0.05, 0) is 12.8 Å². The van der Waals surface area contributed by atoms with Gasteiger partial charge in [0, 0.05) is 63.5 Å². The number of ether oxygens (including phenoxy) is 1. The van der Waals surface area contributed by atoms with Gasteiger partial charge in [-0.2, -0.15) is 5.10 Å². The summed E-state index contributed by atoms with van der Waals surface area (Å²) in [5, 5.41) is 6.79. The van der Waals surface area contributed by atoms with Crippen LogP contribution in [0.1, 0.15) is 18.4 Å². The fourth-order valence-corrected chi connectivity index (χ4v) is 3.44. The number of piperidine rings is 1. The number of carbonyl (C=O) groups excluding carboxylic acids is 2. The standard InChI is InChI=1S/C16H25N5O3/c1-24-16(23)21-4-2-14(3-5-21)15(22)20-8-6-19(7-9-20)12-13-10-17-18-11-13/h10-11,14H,2-9,12H2,1H3,(H,17,18). The molecule has 0 atom stereocenters. The first-order chi connectivity index (χ1) is 11.7. The average molecular weight is 335 g/mol. The Morgan fingerprint density at radius 1 is 1.17 bits per heavy atom. The molecule has 2 aliphatic rings. The Morgan fingerprint density at radius 3 is 2.46 bits per heavy atom. The van der Waals surface area contributed by atoms with Crippen molar-refractivity contribution < 1.29 is 14.3 Å². The van der Waals surface area contributed by atoms with E-state index < -0.39 is 0 Å². The van der Waals surface area contributed by atoms with E-state index in [0.717, 1.165) is 45.6 Å². The van der Waals surface area contributed by atoms with E-state index in [1.807, 2.05) is 17.3 Å². The van der Waals surface area contributed by atoms with Crippen molar-refractivity contribution in [3.05, 3.63) is 18.0 Å². The van der Waals surface area contributed by atoms with Gasteiger partial charge < -0.3 is 14.5 Å². The minimum Gasteiger partial charge on any atom is -0.453 e. The highest BCUT2D eigenvalue weighted by Gasteiger charge is 2.31. The van der Waals surface area contributed by atoms with Gasteiger partial charge in [-0.3, -0.25) is 14.8 Å². The molecule has 2 fully saturated rings. The number of aromatic amines is 1. The van der Waals surface area contributed by atoms with Gasteiger partial charge in [-0.1, -0.05) is 0 Å². The lowest BCUT2D eigenvalue weighted by Crippen LogP contribution is -2.51. The number of likely N-dealkylation sites (tertiary alicyclic amines) is 1. The second kappa shape index (κ2) is 7.65. The van der Waals surface area contributed by atoms with Crippen molar-refractivity contribution in [1.29, 1.82) is 0 Å². The number of hydrogen-bond donors (Lipinski definition) is 1. The van der Waals surface area contributed by atoms with Gasteiger partial charge in [0.1, 0.15) is 0 Å². The van der Waals surface area contributed by atoms with Gasteiger partial charge in [-0.25, -0.2) is 4.79 Å². The molecule has 2 aliphatic heterocycles. The number of piperazine rings is 1. The number of nitrogens with zero attached hydrogens (tertiary/aromatic N) is 4. The maximum atomic E-state index is 12.7. The van der Waals surface area contributed by atoms with Crippen LogP contribution in [0.25, 0.3) is 0 Å². The summed E-state index contributed by atoms with van der Waals surface area (Å²) in [5.74, 6) is 0.272. The number of aromatic nitrogens is 2. The van der Waals surface area contributed by atoms with Crippen molar-refractivity contribution in [2.24, 2.45) is 5.92 Å². The lowest BCUT2D eigenvalue weighted by molar-refractivity contribution is -0.138. The van der Waals surface area contributed by atoms with Gasteiger partial charge in [0.15, 0.2) is 0 Å². The van der Waals surface area contributed by atoms with E-state index in [2.05, 4.69) is 15.1 Å². The summed E-state index contributed by atoms with van der Waals surface area (Å²) in [6, 6.07) is 0. The zero-order chi connectivity index (χ0) is 16.9. The van der Waals surface area contributed by atoms with E-state index in [-0.39, 0.29) is 17.9 Å². The van der Waals surface area contributed by atoms with Crippen LogP contribution >= 0.6 is 0 Å². The number of methoxy groups -OCH3 is 1. The third-order valence-corrected chi connectivity index (χ3v) is 4.92. The molecule has 0 saturated carbocycles. The molecule has 3 heterocycles. The van der Waals surface area contributed by atoms with E-state index in [1.54, 1.807) is 4.90 Å². The first-order valence-corrected chi connectivity index (χ1v) is 8.49. The minimum absolute atomic E-state index is 0.0336. The molecule has 132 valence electrons. The number of carbonyl (C=O) groups is 2. The number of nitrogens with one attached hydrogen (secondary N) is 1. The van der Waals surface area contributed by atoms with Gasteiger partial charge in [0.05, 0.1) is 13.3 Å². The van der Waals surface area contributed by atoms with Crippen LogP contribution in [0.15, 0.2) is 12.4 Å². The number of rotatable bonds is 3. The van der Waals surface area contributed by atoms with Crippen molar-refractivity contribution in [1.82, 2.24) is 24.9 Å². The summed E-state index contributed by atoms with van der Waals surface area (Å²) in [6.07, 6.45) is 4.90. The van der Waals surface area contributed by atoms with Crippen LogP contribution in [0.5, 0.6) is 0 Å². The molecule has 8 heteroatoms. The summed E-state index contributed by atoms with van der Waals surface area (Å²) in [7, 11) is 1.39. The monoisotopic (exact) mass is 335 g/mol. The Hall–Kier alpha value is -2.09. The van der Waals surface area contributed by atoms with Crippen molar-refractivity contribution in [3.8, 4) is 0 Å². The van der Waals surface area contributed by atoms with E-state index in [0.29, 0.717) is 13.1 Å². The second-order valence-corrected chi connectivity index (χ2v) is 6.44. The van der Waals surface area contributed by atoms with Crippen LogP contribution < -0.4 is 0 Å². The molecule has 0 unspecified atom stereocenters. The highest BCUT2D eigenvalue weighted by Crippen LogP contribution is 2.21. The maximum Gasteiger partial charge on any atom is 0.409 e. The molecule has 3 rings (SSSR count). The molecule has 8 nitrogen and oxygen atoms in total. The molecule has 1 aromatic heterocycles. The highest BCUT2D eigenvalue weighted by atomic mass is 16.5. The Labute approximate surface area is 141 Å². The van der Waals surface area contributed by atoms with E-state index in [4.69, 9.17) is 4.74 Å². The van der Waals surface area contributed by atoms with Gasteiger partial charge >= 0.3 is 6.09 Å². The molecule has 24 heavy (non-hydrogen) atoms. The second-order valence-electron chi connectivity index (χ2n) is 6.44.